The van der Waals surface area contributed by atoms with Crippen LogP contribution in [0.1, 0.15) is 47.6 Å². The van der Waals surface area contributed by atoms with Crippen LogP contribution in [0.3, 0.4) is 0 Å². The molecule has 0 N–H and O–H groups in total. The Morgan fingerprint density at radius 2 is 1.94 bits per heavy atom. The summed E-state index contributed by atoms with van der Waals surface area (Å²) in [7, 11) is 1.81. The van der Waals surface area contributed by atoms with Crippen molar-refractivity contribution in [2.24, 2.45) is 0 Å². The Balaban J connectivity index is 2.09. The van der Waals surface area contributed by atoms with Gasteiger partial charge in [0.1, 0.15) is 17.3 Å². The first-order valence-electron chi connectivity index (χ1n) is 6.35. The molecule has 1 aromatic heterocycles. The van der Waals surface area contributed by atoms with Crippen LogP contribution in [-0.2, 0) is 4.79 Å². The standard InChI is InChI=1S/C14H19NO3/c1-9-8-13(10(2)18-9)14(17)15(3)11-4-6-12(16)7-5-11/h8,11H,4-7H2,1-3H3. The minimum atomic E-state index is -0.0105. The van der Waals surface area contributed by atoms with Crippen LogP contribution in [0.5, 0.6) is 0 Å². The van der Waals surface area contributed by atoms with E-state index in [9.17, 15) is 9.59 Å². The lowest BCUT2D eigenvalue weighted by atomic mass is 9.93. The van der Waals surface area contributed by atoms with Crippen LogP contribution in [-0.4, -0.2) is 29.7 Å². The summed E-state index contributed by atoms with van der Waals surface area (Å²) in [5.41, 5.74) is 0.631. The lowest BCUT2D eigenvalue weighted by Gasteiger charge is -2.30. The normalized spacial score (nSPS) is 16.9. The second-order valence-corrected chi connectivity index (χ2v) is 5.01. The summed E-state index contributed by atoms with van der Waals surface area (Å²) in [4.78, 5) is 25.3. The number of Topliss-reactive ketones (excluding diaryl/α,β-unsaturated/α-hetero) is 1. The van der Waals surface area contributed by atoms with Gasteiger partial charge in [0.25, 0.3) is 5.91 Å². The molecule has 0 atom stereocenters. The van der Waals surface area contributed by atoms with Crippen molar-refractivity contribution in [1.29, 1.82) is 0 Å². The summed E-state index contributed by atoms with van der Waals surface area (Å²) < 4.78 is 5.39. The molecule has 0 saturated heterocycles. The molecule has 0 aliphatic heterocycles. The van der Waals surface area contributed by atoms with Crippen molar-refractivity contribution in [1.82, 2.24) is 4.90 Å². The lowest BCUT2D eigenvalue weighted by molar-refractivity contribution is -0.121. The van der Waals surface area contributed by atoms with E-state index >= 15 is 0 Å². The first-order chi connectivity index (χ1) is 8.49. The van der Waals surface area contributed by atoms with Gasteiger partial charge in [-0.25, -0.2) is 0 Å². The Bertz CT molecular complexity index is 465. The number of hydrogen-bond donors (Lipinski definition) is 0. The summed E-state index contributed by atoms with van der Waals surface area (Å²) in [5, 5.41) is 0. The van der Waals surface area contributed by atoms with Crippen LogP contribution in [0.4, 0.5) is 0 Å². The van der Waals surface area contributed by atoms with Gasteiger partial charge in [0.2, 0.25) is 0 Å². The molecule has 0 aromatic carbocycles. The van der Waals surface area contributed by atoms with Crippen molar-refractivity contribution < 1.29 is 14.0 Å². The molecule has 1 aromatic rings. The van der Waals surface area contributed by atoms with E-state index in [1.165, 1.54) is 0 Å². The third kappa shape index (κ3) is 2.47. The highest BCUT2D eigenvalue weighted by Crippen LogP contribution is 2.23. The zero-order chi connectivity index (χ0) is 13.3. The third-order valence-corrected chi connectivity index (χ3v) is 3.65. The van der Waals surface area contributed by atoms with Crippen LogP contribution >= 0.6 is 0 Å². The van der Waals surface area contributed by atoms with Gasteiger partial charge in [0, 0.05) is 25.9 Å². The largest absolute Gasteiger partial charge is 0.466 e. The molecule has 1 aliphatic carbocycles. The smallest absolute Gasteiger partial charge is 0.257 e. The highest BCUT2D eigenvalue weighted by Gasteiger charge is 2.27. The first kappa shape index (κ1) is 12.9. The number of carbonyl (C=O) groups excluding carboxylic acids is 2. The zero-order valence-corrected chi connectivity index (χ0v) is 11.2. The minimum absolute atomic E-state index is 0.0105. The fourth-order valence-corrected chi connectivity index (χ4v) is 2.51. The van der Waals surface area contributed by atoms with Crippen LogP contribution < -0.4 is 0 Å². The van der Waals surface area contributed by atoms with E-state index in [4.69, 9.17) is 4.42 Å². The molecular formula is C14H19NO3. The second-order valence-electron chi connectivity index (χ2n) is 5.01. The summed E-state index contributed by atoms with van der Waals surface area (Å²) in [6.07, 6.45) is 2.73. The number of furan rings is 1. The maximum absolute atomic E-state index is 12.3. The van der Waals surface area contributed by atoms with Gasteiger partial charge >= 0.3 is 0 Å². The molecule has 1 fully saturated rings. The van der Waals surface area contributed by atoms with Gasteiger partial charge in [-0.3, -0.25) is 9.59 Å². The molecule has 1 saturated carbocycles. The number of aryl methyl sites for hydroxylation is 2. The summed E-state index contributed by atoms with van der Waals surface area (Å²) >= 11 is 0. The average Bonchev–Trinajstić information content (AvgIpc) is 2.67. The van der Waals surface area contributed by atoms with E-state index in [1.54, 1.807) is 17.9 Å². The summed E-state index contributed by atoms with van der Waals surface area (Å²) in [5.74, 6) is 1.71. The fourth-order valence-electron chi connectivity index (χ4n) is 2.51. The fraction of sp³-hybridized carbons (Fsp3) is 0.571. The minimum Gasteiger partial charge on any atom is -0.466 e. The van der Waals surface area contributed by atoms with Crippen molar-refractivity contribution >= 4 is 11.7 Å². The molecule has 0 spiro atoms. The molecule has 0 radical (unpaired) electrons. The van der Waals surface area contributed by atoms with Gasteiger partial charge in [0.15, 0.2) is 0 Å². The Labute approximate surface area is 107 Å². The van der Waals surface area contributed by atoms with E-state index in [-0.39, 0.29) is 11.9 Å². The molecule has 4 nitrogen and oxygen atoms in total. The van der Waals surface area contributed by atoms with Crippen molar-refractivity contribution in [3.63, 3.8) is 0 Å². The highest BCUT2D eigenvalue weighted by atomic mass is 16.3. The number of nitrogens with zero attached hydrogens (tertiary/aromatic N) is 1. The number of amides is 1. The second kappa shape index (κ2) is 4.96. The quantitative estimate of drug-likeness (QED) is 0.809. The van der Waals surface area contributed by atoms with E-state index in [0.717, 1.165) is 18.6 Å². The molecule has 1 amide bonds. The number of hydrogen-bond acceptors (Lipinski definition) is 3. The molecule has 2 rings (SSSR count). The SMILES string of the molecule is Cc1cc(C(=O)N(C)C2CCC(=O)CC2)c(C)o1. The number of rotatable bonds is 2. The van der Waals surface area contributed by atoms with Crippen LogP contribution in [0.25, 0.3) is 0 Å². The molecule has 1 heterocycles. The van der Waals surface area contributed by atoms with E-state index in [2.05, 4.69) is 0 Å². The molecule has 0 bridgehead atoms. The first-order valence-corrected chi connectivity index (χ1v) is 6.35. The predicted octanol–water partition coefficient (Wildman–Crippen LogP) is 2.48. The van der Waals surface area contributed by atoms with Crippen molar-refractivity contribution in [3.8, 4) is 0 Å². The van der Waals surface area contributed by atoms with Gasteiger partial charge in [-0.15, -0.1) is 0 Å². The molecule has 18 heavy (non-hydrogen) atoms. The Morgan fingerprint density at radius 3 is 2.44 bits per heavy atom. The Kier molecular flexibility index (Phi) is 3.55. The highest BCUT2D eigenvalue weighted by molar-refractivity contribution is 5.95. The summed E-state index contributed by atoms with van der Waals surface area (Å²) in [6.45, 7) is 3.64. The van der Waals surface area contributed by atoms with Gasteiger partial charge in [-0.1, -0.05) is 0 Å². The predicted molar refractivity (Wildman–Crippen MR) is 67.5 cm³/mol. The van der Waals surface area contributed by atoms with Crippen LogP contribution in [0.15, 0.2) is 10.5 Å². The van der Waals surface area contributed by atoms with Crippen molar-refractivity contribution in [2.75, 3.05) is 7.05 Å². The van der Waals surface area contributed by atoms with Gasteiger partial charge in [-0.05, 0) is 32.8 Å². The topological polar surface area (TPSA) is 50.5 Å². The van der Waals surface area contributed by atoms with Gasteiger partial charge in [-0.2, -0.15) is 0 Å². The maximum Gasteiger partial charge on any atom is 0.257 e. The molecule has 4 heteroatoms. The summed E-state index contributed by atoms with van der Waals surface area (Å²) in [6, 6.07) is 1.95. The molecule has 98 valence electrons. The third-order valence-electron chi connectivity index (χ3n) is 3.65. The maximum atomic E-state index is 12.3. The van der Waals surface area contributed by atoms with Crippen molar-refractivity contribution in [2.45, 2.75) is 45.6 Å². The molecular weight excluding hydrogens is 230 g/mol. The van der Waals surface area contributed by atoms with Gasteiger partial charge in [0.05, 0.1) is 5.56 Å². The van der Waals surface area contributed by atoms with E-state index < -0.39 is 0 Å². The van der Waals surface area contributed by atoms with Crippen LogP contribution in [0, 0.1) is 13.8 Å². The average molecular weight is 249 g/mol. The van der Waals surface area contributed by atoms with E-state index in [1.807, 2.05) is 14.0 Å². The van der Waals surface area contributed by atoms with Gasteiger partial charge < -0.3 is 9.32 Å². The zero-order valence-electron chi connectivity index (χ0n) is 11.2. The monoisotopic (exact) mass is 249 g/mol. The van der Waals surface area contributed by atoms with Crippen molar-refractivity contribution in [3.05, 3.63) is 23.2 Å². The Hall–Kier alpha value is -1.58. The number of ketones is 1. The lowest BCUT2D eigenvalue weighted by Crippen LogP contribution is -2.39. The Morgan fingerprint density at radius 1 is 1.33 bits per heavy atom. The van der Waals surface area contributed by atoms with E-state index in [0.29, 0.717) is 29.9 Å². The number of carbonyl (C=O) groups is 2. The molecule has 0 unspecified atom stereocenters. The molecule has 1 aliphatic rings. The van der Waals surface area contributed by atoms with Crippen LogP contribution in [0.2, 0.25) is 0 Å².